The maximum absolute atomic E-state index is 12.9. The van der Waals surface area contributed by atoms with Gasteiger partial charge >= 0.3 is 6.98 Å². The molecular weight excluding hydrogens is 225 g/mol. The molecule has 0 saturated heterocycles. The minimum atomic E-state index is -5.27. The van der Waals surface area contributed by atoms with Crippen LogP contribution in [0.3, 0.4) is 0 Å². The second kappa shape index (κ2) is 3.77. The number of hydrogen-bond donors (Lipinski definition) is 0. The molecule has 7 heteroatoms. The van der Waals surface area contributed by atoms with Gasteiger partial charge in [-0.25, -0.2) is 8.78 Å². The molecule has 0 aliphatic rings. The molecule has 0 atom stereocenters. The Labute approximate surface area is 81.7 Å². The summed E-state index contributed by atoms with van der Waals surface area (Å²) in [6, 6.07) is 1.58. The highest BCUT2D eigenvalue weighted by Crippen LogP contribution is 2.25. The SMILES string of the molecule is Fc1ccc(Cl)c(F)c1C[B-](F)(F)F. The van der Waals surface area contributed by atoms with Crippen LogP contribution in [0.2, 0.25) is 5.02 Å². The first-order valence-corrected chi connectivity index (χ1v) is 4.02. The lowest BCUT2D eigenvalue weighted by atomic mass is 9.81. The van der Waals surface area contributed by atoms with E-state index in [-0.39, 0.29) is 0 Å². The molecule has 0 heterocycles. The monoisotopic (exact) mass is 229 g/mol. The van der Waals surface area contributed by atoms with Gasteiger partial charge in [-0.15, -0.1) is 0 Å². The van der Waals surface area contributed by atoms with Crippen LogP contribution >= 0.6 is 11.6 Å². The molecule has 0 aromatic heterocycles. The highest BCUT2D eigenvalue weighted by atomic mass is 35.5. The van der Waals surface area contributed by atoms with Gasteiger partial charge in [-0.3, -0.25) is 0 Å². The fraction of sp³-hybridized carbons (Fsp3) is 0.143. The van der Waals surface area contributed by atoms with E-state index in [4.69, 9.17) is 11.6 Å². The third kappa shape index (κ3) is 2.61. The van der Waals surface area contributed by atoms with E-state index < -0.39 is 35.5 Å². The molecule has 0 N–H and O–H groups in total. The zero-order chi connectivity index (χ0) is 10.9. The zero-order valence-corrected chi connectivity index (χ0v) is 7.46. The largest absolute Gasteiger partial charge is 0.482 e. The van der Waals surface area contributed by atoms with Crippen LogP contribution in [0.4, 0.5) is 21.7 Å². The van der Waals surface area contributed by atoms with Crippen molar-refractivity contribution in [3.05, 3.63) is 34.4 Å². The molecule has 0 spiro atoms. The minimum Gasteiger partial charge on any atom is -0.449 e. The number of benzene rings is 1. The first-order valence-electron chi connectivity index (χ1n) is 3.64. The first kappa shape index (κ1) is 11.3. The predicted molar refractivity (Wildman–Crippen MR) is 44.1 cm³/mol. The van der Waals surface area contributed by atoms with E-state index in [0.717, 1.165) is 6.07 Å². The molecule has 1 aromatic rings. The van der Waals surface area contributed by atoms with Gasteiger partial charge in [0.25, 0.3) is 0 Å². The van der Waals surface area contributed by atoms with Gasteiger partial charge in [0.2, 0.25) is 0 Å². The third-order valence-corrected chi connectivity index (χ3v) is 1.87. The van der Waals surface area contributed by atoms with Crippen molar-refractivity contribution in [3.8, 4) is 0 Å². The smallest absolute Gasteiger partial charge is 0.449 e. The van der Waals surface area contributed by atoms with Crippen molar-refractivity contribution in [2.45, 2.75) is 6.32 Å². The molecule has 0 fully saturated rings. The molecule has 0 saturated carbocycles. The van der Waals surface area contributed by atoms with Crippen molar-refractivity contribution in [2.24, 2.45) is 0 Å². The van der Waals surface area contributed by atoms with E-state index in [1.165, 1.54) is 0 Å². The highest BCUT2D eigenvalue weighted by molar-refractivity contribution is 6.57. The van der Waals surface area contributed by atoms with Gasteiger partial charge in [-0.2, -0.15) is 0 Å². The minimum absolute atomic E-state index is 0.513. The van der Waals surface area contributed by atoms with E-state index in [9.17, 15) is 21.7 Å². The quantitative estimate of drug-likeness (QED) is 0.413. The molecule has 0 amide bonds. The Morgan fingerprint density at radius 2 is 1.71 bits per heavy atom. The average molecular weight is 229 g/mol. The van der Waals surface area contributed by atoms with E-state index in [2.05, 4.69) is 0 Å². The van der Waals surface area contributed by atoms with Crippen molar-refractivity contribution in [1.82, 2.24) is 0 Å². The third-order valence-electron chi connectivity index (χ3n) is 1.57. The Hall–Kier alpha value is -0.775. The van der Waals surface area contributed by atoms with Crippen molar-refractivity contribution in [2.75, 3.05) is 0 Å². The van der Waals surface area contributed by atoms with E-state index in [0.29, 0.717) is 6.07 Å². The number of hydrogen-bond acceptors (Lipinski definition) is 0. The summed E-state index contributed by atoms with van der Waals surface area (Å²) in [6.45, 7) is -5.27. The van der Waals surface area contributed by atoms with Crippen LogP contribution in [0.15, 0.2) is 12.1 Å². The fourth-order valence-corrected chi connectivity index (χ4v) is 1.16. The summed E-state index contributed by atoms with van der Waals surface area (Å²) in [5.41, 5.74) is -1.02. The molecular formula is C7H4BClF5-. The first-order chi connectivity index (χ1) is 6.31. The molecule has 0 aliphatic carbocycles. The second-order valence-electron chi connectivity index (χ2n) is 2.74. The average Bonchev–Trinajstić information content (AvgIpc) is 2.04. The van der Waals surface area contributed by atoms with Crippen LogP contribution in [0.1, 0.15) is 5.56 Å². The van der Waals surface area contributed by atoms with Crippen molar-refractivity contribution in [1.29, 1.82) is 0 Å². The van der Waals surface area contributed by atoms with Crippen LogP contribution in [0.5, 0.6) is 0 Å². The van der Waals surface area contributed by atoms with Gasteiger partial charge in [0.1, 0.15) is 11.6 Å². The van der Waals surface area contributed by atoms with E-state index in [1.54, 1.807) is 0 Å². The maximum atomic E-state index is 12.9. The van der Waals surface area contributed by atoms with Gasteiger partial charge in [0.05, 0.1) is 5.02 Å². The van der Waals surface area contributed by atoms with Crippen LogP contribution in [0, 0.1) is 11.6 Å². The molecule has 0 radical (unpaired) electrons. The zero-order valence-electron chi connectivity index (χ0n) is 6.71. The van der Waals surface area contributed by atoms with Crippen molar-refractivity contribution >= 4 is 18.6 Å². The Kier molecular flexibility index (Phi) is 3.04. The maximum Gasteiger partial charge on any atom is 0.482 e. The fourth-order valence-electron chi connectivity index (χ4n) is 0.988. The van der Waals surface area contributed by atoms with Crippen LogP contribution < -0.4 is 0 Å². The lowest BCUT2D eigenvalue weighted by Crippen LogP contribution is -2.21. The van der Waals surface area contributed by atoms with E-state index >= 15 is 0 Å². The summed E-state index contributed by atoms with van der Waals surface area (Å²) in [7, 11) is 0. The second-order valence-corrected chi connectivity index (χ2v) is 3.14. The summed E-state index contributed by atoms with van der Waals surface area (Å²) < 4.78 is 61.5. The summed E-state index contributed by atoms with van der Waals surface area (Å²) in [5.74, 6) is -2.57. The lowest BCUT2D eigenvalue weighted by Gasteiger charge is -2.14. The Morgan fingerprint density at radius 1 is 1.14 bits per heavy atom. The van der Waals surface area contributed by atoms with Gasteiger partial charge in [-0.1, -0.05) is 17.9 Å². The molecule has 0 unspecified atom stereocenters. The van der Waals surface area contributed by atoms with Gasteiger partial charge in [0, 0.05) is 0 Å². The van der Waals surface area contributed by atoms with Crippen LogP contribution in [-0.4, -0.2) is 6.98 Å². The van der Waals surface area contributed by atoms with Crippen LogP contribution in [-0.2, 0) is 6.32 Å². The Bertz CT molecular complexity index is 349. The number of halogens is 6. The number of rotatable bonds is 2. The molecule has 0 bridgehead atoms. The molecule has 1 aromatic carbocycles. The van der Waals surface area contributed by atoms with Gasteiger partial charge in [-0.05, 0) is 17.7 Å². The summed E-state index contributed by atoms with van der Waals surface area (Å²) in [6.07, 6.45) is -1.60. The summed E-state index contributed by atoms with van der Waals surface area (Å²) >= 11 is 5.21. The Morgan fingerprint density at radius 3 is 2.21 bits per heavy atom. The molecule has 0 aliphatic heterocycles. The molecule has 78 valence electrons. The molecule has 0 nitrogen and oxygen atoms in total. The normalized spacial score (nSPS) is 11.9. The topological polar surface area (TPSA) is 0 Å². The predicted octanol–water partition coefficient (Wildman–Crippen LogP) is 3.55. The lowest BCUT2D eigenvalue weighted by molar-refractivity contribution is 0.458. The summed E-state index contributed by atoms with van der Waals surface area (Å²) in [4.78, 5) is 0. The highest BCUT2D eigenvalue weighted by Gasteiger charge is 2.27. The van der Waals surface area contributed by atoms with Gasteiger partial charge in [0.15, 0.2) is 0 Å². The standard InChI is InChI=1S/C7H4BClF5/c9-5-1-2-6(10)4(7(5)11)3-8(12,13)14/h1-2H,3H2/q-1. The molecule has 1 rings (SSSR count). The van der Waals surface area contributed by atoms with Gasteiger partial charge < -0.3 is 12.9 Å². The van der Waals surface area contributed by atoms with E-state index in [1.807, 2.05) is 0 Å². The molecule has 14 heavy (non-hydrogen) atoms. The van der Waals surface area contributed by atoms with Crippen molar-refractivity contribution < 1.29 is 21.7 Å². The summed E-state index contributed by atoms with van der Waals surface area (Å²) in [5, 5.41) is -0.513. The van der Waals surface area contributed by atoms with Crippen LogP contribution in [0.25, 0.3) is 0 Å². The van der Waals surface area contributed by atoms with Crippen molar-refractivity contribution in [3.63, 3.8) is 0 Å². The Balaban J connectivity index is 3.13.